The lowest BCUT2D eigenvalue weighted by Gasteiger charge is -2.38. The fourth-order valence-electron chi connectivity index (χ4n) is 5.10. The van der Waals surface area contributed by atoms with Crippen LogP contribution < -0.4 is 23.7 Å². The standard InChI is InChI=1S/C32H37F2NO6/c1-5-37-27-14-9-21(18-28(27)38-6-2)17-26-25-20-30(40-8-4)29(39-7-3)19-23(25)15-16-35(26)31(36)22-10-12-24(13-11-22)41-32(33)34/h9-14,18-20,26,32H,5-8,15-17H2,1-4H3. The van der Waals surface area contributed by atoms with Crippen molar-refractivity contribution in [1.29, 1.82) is 0 Å². The van der Waals surface area contributed by atoms with Gasteiger partial charge in [0.1, 0.15) is 5.75 Å². The molecule has 1 aliphatic heterocycles. The Balaban J connectivity index is 1.74. The molecule has 7 nitrogen and oxygen atoms in total. The number of nitrogens with zero attached hydrogens (tertiary/aromatic N) is 1. The highest BCUT2D eigenvalue weighted by Crippen LogP contribution is 2.41. The maximum absolute atomic E-state index is 13.9. The molecule has 0 saturated heterocycles. The maximum atomic E-state index is 13.9. The van der Waals surface area contributed by atoms with E-state index in [0.29, 0.717) is 74.4 Å². The summed E-state index contributed by atoms with van der Waals surface area (Å²) in [6.07, 6.45) is 1.14. The smallest absolute Gasteiger partial charge is 0.387 e. The number of carbonyl (C=O) groups excluding carboxylic acids is 1. The Hall–Kier alpha value is -4.01. The number of carbonyl (C=O) groups is 1. The highest BCUT2D eigenvalue weighted by Gasteiger charge is 2.33. The van der Waals surface area contributed by atoms with Crippen LogP contribution in [0.3, 0.4) is 0 Å². The molecule has 0 aromatic heterocycles. The van der Waals surface area contributed by atoms with Gasteiger partial charge in [-0.1, -0.05) is 6.07 Å². The molecule has 3 aromatic carbocycles. The van der Waals surface area contributed by atoms with E-state index in [9.17, 15) is 13.6 Å². The normalized spacial score (nSPS) is 14.4. The van der Waals surface area contributed by atoms with Crippen LogP contribution in [0.15, 0.2) is 54.6 Å². The van der Waals surface area contributed by atoms with Crippen LogP contribution in [-0.2, 0) is 12.8 Å². The second-order valence-corrected chi connectivity index (χ2v) is 9.38. The molecule has 0 radical (unpaired) electrons. The quantitative estimate of drug-likeness (QED) is 0.224. The molecule has 1 unspecified atom stereocenters. The molecule has 1 heterocycles. The van der Waals surface area contributed by atoms with Crippen LogP contribution in [0, 0.1) is 0 Å². The van der Waals surface area contributed by atoms with Gasteiger partial charge in [0.25, 0.3) is 5.91 Å². The van der Waals surface area contributed by atoms with Crippen molar-refractivity contribution in [1.82, 2.24) is 4.90 Å². The summed E-state index contributed by atoms with van der Waals surface area (Å²) in [5, 5.41) is 0. The van der Waals surface area contributed by atoms with Crippen molar-refractivity contribution in [3.63, 3.8) is 0 Å². The molecule has 4 rings (SSSR count). The molecule has 220 valence electrons. The SMILES string of the molecule is CCOc1ccc(CC2c3cc(OCC)c(OCC)cc3CCN2C(=O)c2ccc(OC(F)F)cc2)cc1OCC. The average molecular weight is 570 g/mol. The monoisotopic (exact) mass is 569 g/mol. The van der Waals surface area contributed by atoms with E-state index in [1.807, 2.05) is 62.9 Å². The molecule has 1 atom stereocenters. The van der Waals surface area contributed by atoms with Crippen molar-refractivity contribution in [2.24, 2.45) is 0 Å². The zero-order chi connectivity index (χ0) is 29.4. The van der Waals surface area contributed by atoms with E-state index < -0.39 is 6.61 Å². The summed E-state index contributed by atoms with van der Waals surface area (Å²) in [6.45, 7) is 7.20. The van der Waals surface area contributed by atoms with Crippen LogP contribution in [0.5, 0.6) is 28.7 Å². The molecule has 0 aliphatic carbocycles. The van der Waals surface area contributed by atoms with Gasteiger partial charge in [-0.25, -0.2) is 0 Å². The maximum Gasteiger partial charge on any atom is 0.387 e. The van der Waals surface area contributed by atoms with Gasteiger partial charge in [-0.3, -0.25) is 4.79 Å². The average Bonchev–Trinajstić information content (AvgIpc) is 2.95. The molecular formula is C32H37F2NO6. The van der Waals surface area contributed by atoms with Crippen molar-refractivity contribution in [3.05, 3.63) is 76.9 Å². The van der Waals surface area contributed by atoms with Crippen molar-refractivity contribution in [2.45, 2.75) is 53.2 Å². The van der Waals surface area contributed by atoms with Crippen molar-refractivity contribution in [2.75, 3.05) is 33.0 Å². The molecule has 3 aromatic rings. The minimum absolute atomic E-state index is 0.000240. The summed E-state index contributed by atoms with van der Waals surface area (Å²) >= 11 is 0. The van der Waals surface area contributed by atoms with Crippen LogP contribution >= 0.6 is 0 Å². The zero-order valence-corrected chi connectivity index (χ0v) is 24.0. The summed E-state index contributed by atoms with van der Waals surface area (Å²) in [5.41, 5.74) is 3.42. The minimum Gasteiger partial charge on any atom is -0.490 e. The highest BCUT2D eigenvalue weighted by atomic mass is 19.3. The van der Waals surface area contributed by atoms with E-state index in [1.165, 1.54) is 24.3 Å². The molecule has 0 N–H and O–H groups in total. The van der Waals surface area contributed by atoms with Gasteiger partial charge >= 0.3 is 6.61 Å². The molecule has 1 amide bonds. The molecule has 0 spiro atoms. The lowest BCUT2D eigenvalue weighted by atomic mass is 9.87. The number of alkyl halides is 2. The van der Waals surface area contributed by atoms with Gasteiger partial charge in [0, 0.05) is 12.1 Å². The number of rotatable bonds is 13. The minimum atomic E-state index is -2.93. The van der Waals surface area contributed by atoms with Crippen LogP contribution in [0.1, 0.15) is 60.8 Å². The first-order valence-corrected chi connectivity index (χ1v) is 14.0. The molecule has 0 saturated carbocycles. The second-order valence-electron chi connectivity index (χ2n) is 9.38. The van der Waals surface area contributed by atoms with Crippen LogP contribution in [0.25, 0.3) is 0 Å². The molecule has 0 fully saturated rings. The third-order valence-electron chi connectivity index (χ3n) is 6.79. The predicted octanol–water partition coefficient (Wildman–Crippen LogP) is 6.87. The summed E-state index contributed by atoms with van der Waals surface area (Å²) in [7, 11) is 0. The van der Waals surface area contributed by atoms with Crippen molar-refractivity contribution < 1.29 is 37.3 Å². The number of amides is 1. The Kier molecular flexibility index (Phi) is 10.3. The third kappa shape index (κ3) is 7.20. The van der Waals surface area contributed by atoms with Gasteiger partial charge in [-0.05, 0) is 106 Å². The van der Waals surface area contributed by atoms with E-state index in [1.54, 1.807) is 0 Å². The summed E-state index contributed by atoms with van der Waals surface area (Å²) in [5.74, 6) is 2.42. The van der Waals surface area contributed by atoms with Crippen molar-refractivity contribution in [3.8, 4) is 28.7 Å². The summed E-state index contributed by atoms with van der Waals surface area (Å²) in [6, 6.07) is 15.3. The van der Waals surface area contributed by atoms with E-state index in [4.69, 9.17) is 18.9 Å². The number of hydrogen-bond acceptors (Lipinski definition) is 6. The van der Waals surface area contributed by atoms with Gasteiger partial charge in [0.15, 0.2) is 23.0 Å². The lowest BCUT2D eigenvalue weighted by Crippen LogP contribution is -2.41. The van der Waals surface area contributed by atoms with Crippen LogP contribution in [-0.4, -0.2) is 50.4 Å². The second kappa shape index (κ2) is 14.1. The highest BCUT2D eigenvalue weighted by molar-refractivity contribution is 5.95. The molecular weight excluding hydrogens is 532 g/mol. The first-order valence-electron chi connectivity index (χ1n) is 14.0. The number of hydrogen-bond donors (Lipinski definition) is 0. The van der Waals surface area contributed by atoms with E-state index in [-0.39, 0.29) is 17.7 Å². The molecule has 9 heteroatoms. The predicted molar refractivity (Wildman–Crippen MR) is 152 cm³/mol. The van der Waals surface area contributed by atoms with Gasteiger partial charge in [0.2, 0.25) is 0 Å². The Morgan fingerprint density at radius 1 is 0.805 bits per heavy atom. The lowest BCUT2D eigenvalue weighted by molar-refractivity contribution is -0.0498. The third-order valence-corrected chi connectivity index (χ3v) is 6.79. The Morgan fingerprint density at radius 3 is 2.00 bits per heavy atom. The zero-order valence-electron chi connectivity index (χ0n) is 24.0. The van der Waals surface area contributed by atoms with Gasteiger partial charge in [-0.15, -0.1) is 0 Å². The summed E-state index contributed by atoms with van der Waals surface area (Å²) < 4.78 is 53.2. The molecule has 1 aliphatic rings. The van der Waals surface area contributed by atoms with E-state index in [2.05, 4.69) is 4.74 Å². The fourth-order valence-corrected chi connectivity index (χ4v) is 5.10. The van der Waals surface area contributed by atoms with Gasteiger partial charge < -0.3 is 28.6 Å². The van der Waals surface area contributed by atoms with E-state index in [0.717, 1.165) is 16.7 Å². The topological polar surface area (TPSA) is 66.5 Å². The molecule has 0 bridgehead atoms. The largest absolute Gasteiger partial charge is 0.490 e. The Labute approximate surface area is 239 Å². The van der Waals surface area contributed by atoms with Gasteiger partial charge in [-0.2, -0.15) is 8.78 Å². The Bertz CT molecular complexity index is 1310. The fraction of sp³-hybridized carbons (Fsp3) is 0.406. The number of ether oxygens (including phenoxy) is 5. The first kappa shape index (κ1) is 30.0. The summed E-state index contributed by atoms with van der Waals surface area (Å²) in [4.78, 5) is 15.7. The van der Waals surface area contributed by atoms with Crippen molar-refractivity contribution >= 4 is 5.91 Å². The van der Waals surface area contributed by atoms with Crippen LogP contribution in [0.4, 0.5) is 8.78 Å². The number of benzene rings is 3. The molecule has 41 heavy (non-hydrogen) atoms. The Morgan fingerprint density at radius 2 is 1.39 bits per heavy atom. The number of halogens is 2. The number of fused-ring (bicyclic) bond motifs is 1. The van der Waals surface area contributed by atoms with E-state index >= 15 is 0 Å². The van der Waals surface area contributed by atoms with Gasteiger partial charge in [0.05, 0.1) is 32.5 Å². The van der Waals surface area contributed by atoms with Crippen LogP contribution in [0.2, 0.25) is 0 Å². The first-order chi connectivity index (χ1) is 19.9.